The second-order valence-electron chi connectivity index (χ2n) is 7.46. The Morgan fingerprint density at radius 3 is 2.38 bits per heavy atom. The summed E-state index contributed by atoms with van der Waals surface area (Å²) >= 11 is 0. The predicted molar refractivity (Wildman–Crippen MR) is 97.7 cm³/mol. The van der Waals surface area contributed by atoms with Crippen molar-refractivity contribution in [3.05, 3.63) is 42.5 Å². The van der Waals surface area contributed by atoms with Gasteiger partial charge >= 0.3 is 6.18 Å². The van der Waals surface area contributed by atoms with Gasteiger partial charge < -0.3 is 9.80 Å². The van der Waals surface area contributed by atoms with Crippen LogP contribution in [-0.2, 0) is 0 Å². The fourth-order valence-corrected chi connectivity index (χ4v) is 3.61. The van der Waals surface area contributed by atoms with Gasteiger partial charge in [0, 0.05) is 30.4 Å². The van der Waals surface area contributed by atoms with Crippen molar-refractivity contribution in [2.24, 2.45) is 5.92 Å². The lowest BCUT2D eigenvalue weighted by molar-refractivity contribution is -0.180. The van der Waals surface area contributed by atoms with E-state index in [1.54, 1.807) is 34.2 Å². The lowest BCUT2D eigenvalue weighted by Crippen LogP contribution is -2.53. The van der Waals surface area contributed by atoms with E-state index in [1.807, 2.05) is 0 Å². The molecule has 2 aliphatic heterocycles. The quantitative estimate of drug-likeness (QED) is 0.618. The minimum absolute atomic E-state index is 0.104. The molecule has 0 N–H and O–H groups in total. The third-order valence-electron chi connectivity index (χ3n) is 5.43. The zero-order valence-corrected chi connectivity index (χ0v) is 15.1. The van der Waals surface area contributed by atoms with Crippen LogP contribution in [0.2, 0.25) is 0 Å². The second-order valence-corrected chi connectivity index (χ2v) is 7.46. The molecule has 10 heteroatoms. The summed E-state index contributed by atoms with van der Waals surface area (Å²) in [7, 11) is 0. The fourth-order valence-electron chi connectivity index (χ4n) is 3.61. The highest BCUT2D eigenvalue weighted by Gasteiger charge is 2.47. The predicted octanol–water partition coefficient (Wildman–Crippen LogP) is 3.72. The molecule has 2 aliphatic rings. The zero-order chi connectivity index (χ0) is 20.3. The first-order valence-corrected chi connectivity index (χ1v) is 9.14. The standard InChI is InChI=1S/C19H16F5N5/c20-13-9-28(10-13)14-1-2-16(21)17(4-14)29-6-11-3-15(5-25-18(11)26-29)27-7-12(8-27)19(22,23)24/h1-6,12-13H,7-10H2. The lowest BCUT2D eigenvalue weighted by Gasteiger charge is -2.41. The third-order valence-corrected chi connectivity index (χ3v) is 5.43. The number of pyridine rings is 1. The van der Waals surface area contributed by atoms with Crippen LogP contribution in [0.5, 0.6) is 0 Å². The first-order valence-electron chi connectivity index (χ1n) is 9.14. The number of alkyl halides is 4. The molecule has 2 aromatic heterocycles. The highest BCUT2D eigenvalue weighted by molar-refractivity contribution is 5.79. The molecule has 3 aromatic rings. The van der Waals surface area contributed by atoms with E-state index in [-0.39, 0.29) is 31.9 Å². The number of aromatic nitrogens is 3. The average molecular weight is 409 g/mol. The summed E-state index contributed by atoms with van der Waals surface area (Å²) in [5.74, 6) is -1.82. The summed E-state index contributed by atoms with van der Waals surface area (Å²) in [6, 6.07) is 6.19. The maximum atomic E-state index is 14.4. The Hall–Kier alpha value is -2.91. The van der Waals surface area contributed by atoms with Gasteiger partial charge in [-0.2, -0.15) is 13.2 Å². The van der Waals surface area contributed by atoms with Gasteiger partial charge in [0.05, 0.1) is 30.9 Å². The number of fused-ring (bicyclic) bond motifs is 1. The van der Waals surface area contributed by atoms with Crippen LogP contribution < -0.4 is 9.80 Å². The summed E-state index contributed by atoms with van der Waals surface area (Å²) in [5.41, 5.74) is 1.83. The highest BCUT2D eigenvalue weighted by atomic mass is 19.4. The number of anilines is 2. The Bertz CT molecular complexity index is 1070. The van der Waals surface area contributed by atoms with Crippen LogP contribution in [0.25, 0.3) is 16.7 Å². The lowest BCUT2D eigenvalue weighted by atomic mass is 9.99. The number of hydrogen-bond acceptors (Lipinski definition) is 4. The van der Waals surface area contributed by atoms with Gasteiger partial charge in [-0.05, 0) is 24.3 Å². The van der Waals surface area contributed by atoms with Gasteiger partial charge in [0.2, 0.25) is 0 Å². The van der Waals surface area contributed by atoms with Gasteiger partial charge in [0.25, 0.3) is 0 Å². The van der Waals surface area contributed by atoms with Crippen LogP contribution in [0.15, 0.2) is 36.7 Å². The van der Waals surface area contributed by atoms with E-state index in [9.17, 15) is 22.0 Å². The molecule has 152 valence electrons. The van der Waals surface area contributed by atoms with Crippen LogP contribution >= 0.6 is 0 Å². The molecule has 4 heterocycles. The topological polar surface area (TPSA) is 37.2 Å². The summed E-state index contributed by atoms with van der Waals surface area (Å²) in [4.78, 5) is 7.60. The number of hydrogen-bond donors (Lipinski definition) is 0. The molecule has 29 heavy (non-hydrogen) atoms. The van der Waals surface area contributed by atoms with Crippen LogP contribution in [0.1, 0.15) is 0 Å². The molecule has 5 rings (SSSR count). The van der Waals surface area contributed by atoms with Crippen molar-refractivity contribution in [3.63, 3.8) is 0 Å². The Labute approximate surface area is 162 Å². The Morgan fingerprint density at radius 2 is 1.69 bits per heavy atom. The van der Waals surface area contributed by atoms with Gasteiger partial charge in [-0.15, -0.1) is 5.10 Å². The molecule has 0 saturated carbocycles. The van der Waals surface area contributed by atoms with E-state index in [4.69, 9.17) is 0 Å². The van der Waals surface area contributed by atoms with Crippen molar-refractivity contribution < 1.29 is 22.0 Å². The van der Waals surface area contributed by atoms with Gasteiger partial charge in [-0.3, -0.25) is 0 Å². The Balaban J connectivity index is 1.42. The van der Waals surface area contributed by atoms with E-state index in [0.29, 0.717) is 22.4 Å². The normalized spacial score (nSPS) is 18.2. The molecular formula is C19H16F5N5. The van der Waals surface area contributed by atoms with Gasteiger partial charge in [-0.25, -0.2) is 18.4 Å². The largest absolute Gasteiger partial charge is 0.395 e. The van der Waals surface area contributed by atoms with Gasteiger partial charge in [-0.1, -0.05) is 0 Å². The monoisotopic (exact) mass is 409 g/mol. The minimum Gasteiger partial charge on any atom is -0.369 e. The van der Waals surface area contributed by atoms with Crippen molar-refractivity contribution in [1.29, 1.82) is 0 Å². The second kappa shape index (κ2) is 6.30. The van der Waals surface area contributed by atoms with Crippen LogP contribution in [0.3, 0.4) is 0 Å². The summed E-state index contributed by atoms with van der Waals surface area (Å²) in [6.07, 6.45) is -2.01. The molecule has 0 unspecified atom stereocenters. The van der Waals surface area contributed by atoms with Crippen molar-refractivity contribution in [3.8, 4) is 5.69 Å². The van der Waals surface area contributed by atoms with Crippen molar-refractivity contribution in [2.45, 2.75) is 12.3 Å². The minimum atomic E-state index is -4.19. The molecule has 2 saturated heterocycles. The molecule has 2 fully saturated rings. The maximum absolute atomic E-state index is 14.4. The number of rotatable bonds is 3. The molecule has 0 spiro atoms. The number of nitrogens with zero attached hydrogens (tertiary/aromatic N) is 5. The molecule has 5 nitrogen and oxygen atoms in total. The molecule has 0 amide bonds. The van der Waals surface area contributed by atoms with Crippen molar-refractivity contribution >= 4 is 22.4 Å². The third kappa shape index (κ3) is 3.16. The first kappa shape index (κ1) is 18.1. The zero-order valence-electron chi connectivity index (χ0n) is 15.1. The Morgan fingerprint density at radius 1 is 0.966 bits per heavy atom. The maximum Gasteiger partial charge on any atom is 0.395 e. The SMILES string of the molecule is Fc1ccc(N2CC(F)C2)cc1-n1cc2cc(N3CC(C(F)(F)F)C3)cnc2n1. The molecule has 0 radical (unpaired) electrons. The molecular weight excluding hydrogens is 393 g/mol. The number of benzene rings is 1. The molecule has 0 bridgehead atoms. The summed E-state index contributed by atoms with van der Waals surface area (Å²) in [5, 5.41) is 4.87. The summed E-state index contributed by atoms with van der Waals surface area (Å²) < 4.78 is 66.9. The van der Waals surface area contributed by atoms with E-state index < -0.39 is 24.1 Å². The van der Waals surface area contributed by atoms with Crippen molar-refractivity contribution in [1.82, 2.24) is 14.8 Å². The highest BCUT2D eigenvalue weighted by Crippen LogP contribution is 2.36. The van der Waals surface area contributed by atoms with E-state index in [2.05, 4.69) is 10.1 Å². The number of halogens is 5. The van der Waals surface area contributed by atoms with E-state index in [1.165, 1.54) is 16.9 Å². The van der Waals surface area contributed by atoms with Crippen LogP contribution in [0.4, 0.5) is 33.3 Å². The van der Waals surface area contributed by atoms with E-state index in [0.717, 1.165) is 0 Å². The molecule has 1 aromatic carbocycles. The summed E-state index contributed by atoms with van der Waals surface area (Å²) in [6.45, 7) is 0.331. The van der Waals surface area contributed by atoms with Gasteiger partial charge in [0.15, 0.2) is 5.65 Å². The fraction of sp³-hybridized carbons (Fsp3) is 0.368. The first-order chi connectivity index (χ1) is 13.8. The van der Waals surface area contributed by atoms with E-state index >= 15 is 0 Å². The van der Waals surface area contributed by atoms with Crippen LogP contribution in [0, 0.1) is 11.7 Å². The van der Waals surface area contributed by atoms with Crippen molar-refractivity contribution in [2.75, 3.05) is 36.0 Å². The smallest absolute Gasteiger partial charge is 0.369 e. The van der Waals surface area contributed by atoms with Gasteiger partial charge in [0.1, 0.15) is 17.7 Å². The molecule has 0 aliphatic carbocycles. The average Bonchev–Trinajstić information content (AvgIpc) is 3.00. The Kier molecular flexibility index (Phi) is 3.94. The van der Waals surface area contributed by atoms with Crippen LogP contribution in [-0.4, -0.2) is 53.3 Å². The molecule has 0 atom stereocenters.